The van der Waals surface area contributed by atoms with Crippen LogP contribution in [0, 0.1) is 10.1 Å². The van der Waals surface area contributed by atoms with Gasteiger partial charge in [0.05, 0.1) is 11.1 Å². The number of carbonyl (C=O) groups is 1. The van der Waals surface area contributed by atoms with Crippen molar-refractivity contribution in [1.82, 2.24) is 4.57 Å². The van der Waals surface area contributed by atoms with Gasteiger partial charge in [-0.25, -0.2) is 0 Å². The highest BCUT2D eigenvalue weighted by molar-refractivity contribution is 5.66. The minimum Gasteiger partial charge on any atom is -0.481 e. The Morgan fingerprint density at radius 1 is 1.39 bits per heavy atom. The van der Waals surface area contributed by atoms with Crippen molar-refractivity contribution in [3.05, 3.63) is 38.8 Å². The van der Waals surface area contributed by atoms with Crippen LogP contribution in [-0.2, 0) is 11.3 Å². The standard InChI is InChI=1S/C11H14N2O5/c14-10-5-7-12(8-9(10)13(17)18)6-3-1-2-4-11(15)16/h5,7-8H,1-4,6H2,(H,15,16). The van der Waals surface area contributed by atoms with Gasteiger partial charge in [-0.3, -0.25) is 19.7 Å². The van der Waals surface area contributed by atoms with E-state index in [-0.39, 0.29) is 6.42 Å². The third-order valence-electron chi connectivity index (χ3n) is 2.46. The molecule has 0 aliphatic carbocycles. The molecule has 0 spiro atoms. The lowest BCUT2D eigenvalue weighted by molar-refractivity contribution is -0.386. The second-order valence-electron chi connectivity index (χ2n) is 3.89. The van der Waals surface area contributed by atoms with Crippen LogP contribution in [0.5, 0.6) is 0 Å². The van der Waals surface area contributed by atoms with E-state index >= 15 is 0 Å². The molecule has 7 heteroatoms. The maximum Gasteiger partial charge on any atom is 0.332 e. The van der Waals surface area contributed by atoms with Gasteiger partial charge in [0.2, 0.25) is 0 Å². The molecule has 0 saturated carbocycles. The van der Waals surface area contributed by atoms with E-state index in [1.54, 1.807) is 4.57 Å². The Balaban J connectivity index is 2.48. The monoisotopic (exact) mass is 254 g/mol. The highest BCUT2D eigenvalue weighted by Gasteiger charge is 2.11. The average molecular weight is 254 g/mol. The van der Waals surface area contributed by atoms with E-state index in [9.17, 15) is 19.7 Å². The van der Waals surface area contributed by atoms with Gasteiger partial charge in [-0.15, -0.1) is 0 Å². The number of nitrogens with zero attached hydrogens (tertiary/aromatic N) is 2. The summed E-state index contributed by atoms with van der Waals surface area (Å²) in [6.07, 6.45) is 4.85. The van der Waals surface area contributed by atoms with Crippen LogP contribution in [0.25, 0.3) is 0 Å². The van der Waals surface area contributed by atoms with Crippen molar-refractivity contribution in [2.45, 2.75) is 32.2 Å². The summed E-state index contributed by atoms with van der Waals surface area (Å²) in [6, 6.07) is 1.16. The highest BCUT2D eigenvalue weighted by Crippen LogP contribution is 2.06. The average Bonchev–Trinajstić information content (AvgIpc) is 2.30. The Kier molecular flexibility index (Phi) is 5.04. The molecule has 0 bridgehead atoms. The molecule has 1 rings (SSSR count). The Labute approximate surface area is 103 Å². The zero-order valence-electron chi connectivity index (χ0n) is 9.74. The smallest absolute Gasteiger partial charge is 0.332 e. The molecule has 0 aromatic carbocycles. The Morgan fingerprint density at radius 3 is 2.72 bits per heavy atom. The fourth-order valence-corrected chi connectivity index (χ4v) is 1.54. The summed E-state index contributed by atoms with van der Waals surface area (Å²) in [5.41, 5.74) is -1.05. The molecule has 0 fully saturated rings. The second kappa shape index (κ2) is 6.53. The topological polar surface area (TPSA) is 102 Å². The molecule has 98 valence electrons. The van der Waals surface area contributed by atoms with E-state index in [4.69, 9.17) is 5.11 Å². The van der Waals surface area contributed by atoms with Gasteiger partial charge >= 0.3 is 11.7 Å². The van der Waals surface area contributed by atoms with Crippen molar-refractivity contribution in [3.63, 3.8) is 0 Å². The number of carboxylic acid groups (broad SMARTS) is 1. The fraction of sp³-hybridized carbons (Fsp3) is 0.455. The van der Waals surface area contributed by atoms with Crippen molar-refractivity contribution in [2.24, 2.45) is 0 Å². The van der Waals surface area contributed by atoms with E-state index in [0.717, 1.165) is 12.5 Å². The number of aryl methyl sites for hydroxylation is 1. The molecule has 0 unspecified atom stereocenters. The molecule has 0 atom stereocenters. The first-order valence-electron chi connectivity index (χ1n) is 5.57. The number of aromatic nitrogens is 1. The van der Waals surface area contributed by atoms with E-state index in [1.807, 2.05) is 0 Å². The first kappa shape index (κ1) is 13.9. The molecule has 0 amide bonds. The van der Waals surface area contributed by atoms with Gasteiger partial charge in [0, 0.05) is 25.2 Å². The van der Waals surface area contributed by atoms with Gasteiger partial charge in [-0.2, -0.15) is 0 Å². The van der Waals surface area contributed by atoms with Crippen molar-refractivity contribution < 1.29 is 14.8 Å². The van der Waals surface area contributed by atoms with Crippen LogP contribution in [0.1, 0.15) is 25.7 Å². The van der Waals surface area contributed by atoms with Gasteiger partial charge in [0.25, 0.3) is 5.43 Å². The molecule has 0 aliphatic heterocycles. The van der Waals surface area contributed by atoms with Crippen molar-refractivity contribution in [2.75, 3.05) is 0 Å². The first-order chi connectivity index (χ1) is 8.50. The van der Waals surface area contributed by atoms with Crippen molar-refractivity contribution in [3.8, 4) is 0 Å². The maximum atomic E-state index is 11.1. The van der Waals surface area contributed by atoms with Gasteiger partial charge in [-0.05, 0) is 12.8 Å². The number of unbranched alkanes of at least 4 members (excludes halogenated alkanes) is 2. The third kappa shape index (κ3) is 4.36. The van der Waals surface area contributed by atoms with Crippen molar-refractivity contribution in [1.29, 1.82) is 0 Å². The number of hydrogen-bond acceptors (Lipinski definition) is 4. The molecule has 1 aromatic heterocycles. The van der Waals surface area contributed by atoms with Crippen LogP contribution in [0.4, 0.5) is 5.69 Å². The highest BCUT2D eigenvalue weighted by atomic mass is 16.6. The fourth-order valence-electron chi connectivity index (χ4n) is 1.54. The summed E-state index contributed by atoms with van der Waals surface area (Å²) in [4.78, 5) is 31.3. The quantitative estimate of drug-likeness (QED) is 0.450. The van der Waals surface area contributed by atoms with Gasteiger partial charge in [0.15, 0.2) is 0 Å². The van der Waals surface area contributed by atoms with Crippen LogP contribution >= 0.6 is 0 Å². The summed E-state index contributed by atoms with van der Waals surface area (Å²) < 4.78 is 1.57. The van der Waals surface area contributed by atoms with Crippen LogP contribution in [0.3, 0.4) is 0 Å². The van der Waals surface area contributed by atoms with Crippen LogP contribution in [-0.4, -0.2) is 20.6 Å². The van der Waals surface area contributed by atoms with E-state index in [2.05, 4.69) is 0 Å². The predicted octanol–water partition coefficient (Wildman–Crippen LogP) is 1.40. The normalized spacial score (nSPS) is 10.2. The maximum absolute atomic E-state index is 11.1. The minimum atomic E-state index is -0.825. The molecular weight excluding hydrogens is 240 g/mol. The molecular formula is C11H14N2O5. The molecule has 1 heterocycles. The van der Waals surface area contributed by atoms with E-state index < -0.39 is 22.0 Å². The summed E-state index contributed by atoms with van der Waals surface area (Å²) in [5, 5.41) is 19.0. The number of aliphatic carboxylic acids is 1. The minimum absolute atomic E-state index is 0.129. The summed E-state index contributed by atoms with van der Waals surface area (Å²) in [7, 11) is 0. The Hall–Kier alpha value is -2.18. The molecule has 18 heavy (non-hydrogen) atoms. The number of carboxylic acids is 1. The zero-order chi connectivity index (χ0) is 13.5. The lowest BCUT2D eigenvalue weighted by Gasteiger charge is -2.05. The van der Waals surface area contributed by atoms with Crippen LogP contribution in [0.2, 0.25) is 0 Å². The Morgan fingerprint density at radius 2 is 2.11 bits per heavy atom. The Bertz CT molecular complexity index is 494. The van der Waals surface area contributed by atoms with Crippen LogP contribution in [0.15, 0.2) is 23.3 Å². The number of rotatable bonds is 7. The van der Waals surface area contributed by atoms with Gasteiger partial charge < -0.3 is 9.67 Å². The van der Waals surface area contributed by atoms with Crippen LogP contribution < -0.4 is 5.43 Å². The zero-order valence-corrected chi connectivity index (χ0v) is 9.74. The number of hydrogen-bond donors (Lipinski definition) is 1. The third-order valence-corrected chi connectivity index (χ3v) is 2.46. The molecule has 7 nitrogen and oxygen atoms in total. The summed E-state index contributed by atoms with van der Waals surface area (Å²) in [5.74, 6) is -0.825. The lowest BCUT2D eigenvalue weighted by Crippen LogP contribution is -2.11. The molecule has 0 aliphatic rings. The van der Waals surface area contributed by atoms with E-state index in [1.165, 1.54) is 12.4 Å². The van der Waals surface area contributed by atoms with E-state index in [0.29, 0.717) is 19.4 Å². The molecule has 1 N–H and O–H groups in total. The summed E-state index contributed by atoms with van der Waals surface area (Å²) >= 11 is 0. The lowest BCUT2D eigenvalue weighted by atomic mass is 10.2. The summed E-state index contributed by atoms with van der Waals surface area (Å²) in [6.45, 7) is 0.529. The predicted molar refractivity (Wildman–Crippen MR) is 63.5 cm³/mol. The molecule has 0 saturated heterocycles. The first-order valence-corrected chi connectivity index (χ1v) is 5.57. The number of pyridine rings is 1. The second-order valence-corrected chi connectivity index (χ2v) is 3.89. The van der Waals surface area contributed by atoms with Gasteiger partial charge in [-0.1, -0.05) is 6.42 Å². The molecule has 1 aromatic rings. The van der Waals surface area contributed by atoms with Gasteiger partial charge in [0.1, 0.15) is 0 Å². The number of nitro groups is 1. The largest absolute Gasteiger partial charge is 0.481 e. The van der Waals surface area contributed by atoms with Crippen molar-refractivity contribution >= 4 is 11.7 Å². The molecule has 0 radical (unpaired) electrons. The SMILES string of the molecule is O=C(O)CCCCCn1ccc(=O)c([N+](=O)[O-])c1.